The van der Waals surface area contributed by atoms with Crippen LogP contribution in [0.2, 0.25) is 0 Å². The molecule has 0 N–H and O–H groups in total. The number of benzene rings is 1. The minimum atomic E-state index is -0.548. The van der Waals surface area contributed by atoms with Gasteiger partial charge >= 0.3 is 11.9 Å². The van der Waals surface area contributed by atoms with Crippen molar-refractivity contribution in [3.63, 3.8) is 0 Å². The fraction of sp³-hybridized carbons (Fsp3) is 0.556. The van der Waals surface area contributed by atoms with Gasteiger partial charge < -0.3 is 9.47 Å². The summed E-state index contributed by atoms with van der Waals surface area (Å²) < 4.78 is 10.5. The first kappa shape index (κ1) is 20.9. The number of rotatable bonds is 8. The van der Waals surface area contributed by atoms with Gasteiger partial charge in [-0.05, 0) is 24.0 Å². The molecular formula is C18H26O4S2. The summed E-state index contributed by atoms with van der Waals surface area (Å²) in [6, 6.07) is 6.48. The van der Waals surface area contributed by atoms with E-state index in [4.69, 9.17) is 9.47 Å². The average Bonchev–Trinajstić information content (AvgIpc) is 2.56. The van der Waals surface area contributed by atoms with Crippen LogP contribution in [-0.2, 0) is 9.47 Å². The summed E-state index contributed by atoms with van der Waals surface area (Å²) in [6.45, 7) is 8.38. The second-order valence-electron chi connectivity index (χ2n) is 6.37. The van der Waals surface area contributed by atoms with Crippen molar-refractivity contribution < 1.29 is 19.1 Å². The van der Waals surface area contributed by atoms with E-state index >= 15 is 0 Å². The van der Waals surface area contributed by atoms with E-state index < -0.39 is 11.9 Å². The van der Waals surface area contributed by atoms with Crippen LogP contribution in [0.3, 0.4) is 0 Å². The molecule has 0 saturated carbocycles. The fourth-order valence-electron chi connectivity index (χ4n) is 1.70. The molecule has 0 aliphatic heterocycles. The molecule has 0 aliphatic carbocycles. The van der Waals surface area contributed by atoms with E-state index in [0.29, 0.717) is 0 Å². The monoisotopic (exact) mass is 370 g/mol. The molecule has 4 nitrogen and oxygen atoms in total. The van der Waals surface area contributed by atoms with Crippen LogP contribution in [0.4, 0.5) is 0 Å². The largest absolute Gasteiger partial charge is 0.461 e. The highest BCUT2D eigenvalue weighted by molar-refractivity contribution is 7.81. The van der Waals surface area contributed by atoms with Crippen molar-refractivity contribution >= 4 is 37.2 Å². The Morgan fingerprint density at radius 2 is 1.17 bits per heavy atom. The molecule has 134 valence electrons. The molecular weight excluding hydrogens is 344 g/mol. The number of thiol groups is 2. The van der Waals surface area contributed by atoms with Crippen molar-refractivity contribution in [1.29, 1.82) is 0 Å². The molecule has 0 saturated heterocycles. The summed E-state index contributed by atoms with van der Waals surface area (Å²) in [4.78, 5) is 24.5. The number of carbonyl (C=O) groups is 2. The molecule has 0 fully saturated rings. The lowest BCUT2D eigenvalue weighted by Gasteiger charge is -2.16. The van der Waals surface area contributed by atoms with Crippen LogP contribution in [0, 0.1) is 11.8 Å². The molecule has 0 amide bonds. The van der Waals surface area contributed by atoms with Crippen LogP contribution in [-0.4, -0.2) is 35.7 Å². The summed E-state index contributed by atoms with van der Waals surface area (Å²) in [5.74, 6) is -0.531. The summed E-state index contributed by atoms with van der Waals surface area (Å²) in [5, 5.41) is -0.104. The Balaban J connectivity index is 2.76. The van der Waals surface area contributed by atoms with Gasteiger partial charge in [-0.3, -0.25) is 0 Å². The average molecular weight is 371 g/mol. The summed E-state index contributed by atoms with van der Waals surface area (Å²) >= 11 is 8.75. The second-order valence-corrected chi connectivity index (χ2v) is 7.69. The summed E-state index contributed by atoms with van der Waals surface area (Å²) in [5.41, 5.74) is 0.402. The van der Waals surface area contributed by atoms with Crippen molar-refractivity contribution in [3.8, 4) is 0 Å². The Bertz CT molecular complexity index is 509. The highest BCUT2D eigenvalue weighted by Gasteiger charge is 2.21. The quantitative estimate of drug-likeness (QED) is 0.538. The Hall–Kier alpha value is -1.14. The van der Waals surface area contributed by atoms with Crippen LogP contribution in [0.5, 0.6) is 0 Å². The molecule has 0 aromatic heterocycles. The van der Waals surface area contributed by atoms with Gasteiger partial charge in [-0.15, -0.1) is 0 Å². The van der Waals surface area contributed by atoms with E-state index in [-0.39, 0.29) is 46.7 Å². The first-order chi connectivity index (χ1) is 11.2. The lowest BCUT2D eigenvalue weighted by Crippen LogP contribution is -2.22. The minimum absolute atomic E-state index is 0.0518. The van der Waals surface area contributed by atoms with E-state index in [1.54, 1.807) is 24.3 Å². The third kappa shape index (κ3) is 6.40. The zero-order valence-electron chi connectivity index (χ0n) is 14.6. The predicted molar refractivity (Wildman–Crippen MR) is 102 cm³/mol. The van der Waals surface area contributed by atoms with E-state index in [1.165, 1.54) is 0 Å². The first-order valence-electron chi connectivity index (χ1n) is 8.03. The third-order valence-corrected chi connectivity index (χ3v) is 5.17. The normalized spacial score (nSPS) is 13.7. The Kier molecular flexibility index (Phi) is 8.70. The lowest BCUT2D eigenvalue weighted by molar-refractivity contribution is 0.0448. The molecule has 1 rings (SSSR count). The molecule has 6 heteroatoms. The number of hydrogen-bond donors (Lipinski definition) is 2. The highest BCUT2D eigenvalue weighted by Crippen LogP contribution is 2.16. The van der Waals surface area contributed by atoms with E-state index in [2.05, 4.69) is 25.3 Å². The van der Waals surface area contributed by atoms with E-state index in [9.17, 15) is 9.59 Å². The SMILES string of the molecule is CC(C)C(S)COC(=O)c1ccccc1C(=O)OCC(S)C(C)C. The summed E-state index contributed by atoms with van der Waals surface area (Å²) in [6.07, 6.45) is 0. The third-order valence-electron chi connectivity index (χ3n) is 3.68. The fourth-order valence-corrected chi connectivity index (χ4v) is 1.85. The molecule has 1 aromatic carbocycles. The van der Waals surface area contributed by atoms with Crippen LogP contribution < -0.4 is 0 Å². The maximum atomic E-state index is 12.3. The lowest BCUT2D eigenvalue weighted by atomic mass is 10.1. The Morgan fingerprint density at radius 1 is 0.833 bits per heavy atom. The van der Waals surface area contributed by atoms with Crippen LogP contribution in [0.1, 0.15) is 48.4 Å². The predicted octanol–water partition coefficient (Wildman–Crippen LogP) is 3.91. The molecule has 1 aromatic rings. The molecule has 0 radical (unpaired) electrons. The van der Waals surface area contributed by atoms with Gasteiger partial charge in [-0.2, -0.15) is 25.3 Å². The van der Waals surface area contributed by atoms with Crippen LogP contribution in [0.15, 0.2) is 24.3 Å². The van der Waals surface area contributed by atoms with Crippen molar-refractivity contribution in [2.75, 3.05) is 13.2 Å². The molecule has 0 spiro atoms. The molecule has 2 atom stereocenters. The Labute approximate surface area is 155 Å². The maximum Gasteiger partial charge on any atom is 0.339 e. The zero-order valence-corrected chi connectivity index (χ0v) is 16.3. The molecule has 0 heterocycles. The maximum absolute atomic E-state index is 12.3. The van der Waals surface area contributed by atoms with Gasteiger partial charge in [0.15, 0.2) is 0 Å². The van der Waals surface area contributed by atoms with E-state index in [0.717, 1.165) is 0 Å². The topological polar surface area (TPSA) is 52.6 Å². The number of esters is 2. The standard InChI is InChI=1S/C18H26O4S2/c1-11(2)15(23)9-21-17(19)13-7-5-6-8-14(13)18(20)22-10-16(24)12(3)4/h5-8,11-12,15-16,23-24H,9-10H2,1-4H3. The van der Waals surface area contributed by atoms with Gasteiger partial charge in [0.2, 0.25) is 0 Å². The molecule has 0 aliphatic rings. The van der Waals surface area contributed by atoms with E-state index in [1.807, 2.05) is 27.7 Å². The van der Waals surface area contributed by atoms with Gasteiger partial charge in [-0.25, -0.2) is 9.59 Å². The first-order valence-corrected chi connectivity index (χ1v) is 9.06. The smallest absolute Gasteiger partial charge is 0.339 e. The van der Waals surface area contributed by atoms with Gasteiger partial charge in [0.1, 0.15) is 13.2 Å². The number of carbonyl (C=O) groups excluding carboxylic acids is 2. The summed E-state index contributed by atoms with van der Waals surface area (Å²) in [7, 11) is 0. The van der Waals surface area contributed by atoms with Crippen LogP contribution in [0.25, 0.3) is 0 Å². The molecule has 0 bridgehead atoms. The Morgan fingerprint density at radius 3 is 1.46 bits per heavy atom. The van der Waals surface area contributed by atoms with Crippen LogP contribution >= 0.6 is 25.3 Å². The van der Waals surface area contributed by atoms with Gasteiger partial charge in [0.05, 0.1) is 11.1 Å². The van der Waals surface area contributed by atoms with Crippen molar-refractivity contribution in [3.05, 3.63) is 35.4 Å². The number of ether oxygens (including phenoxy) is 2. The highest BCUT2D eigenvalue weighted by atomic mass is 32.1. The van der Waals surface area contributed by atoms with Gasteiger partial charge in [0, 0.05) is 10.5 Å². The molecule has 2 unspecified atom stereocenters. The van der Waals surface area contributed by atoms with Crippen molar-refractivity contribution in [2.24, 2.45) is 11.8 Å². The molecule has 24 heavy (non-hydrogen) atoms. The zero-order chi connectivity index (χ0) is 18.3. The number of hydrogen-bond acceptors (Lipinski definition) is 6. The minimum Gasteiger partial charge on any atom is -0.461 e. The van der Waals surface area contributed by atoms with Crippen molar-refractivity contribution in [1.82, 2.24) is 0 Å². The van der Waals surface area contributed by atoms with Crippen molar-refractivity contribution in [2.45, 2.75) is 38.2 Å². The second kappa shape index (κ2) is 9.99. The van der Waals surface area contributed by atoms with Gasteiger partial charge in [-0.1, -0.05) is 39.8 Å². The van der Waals surface area contributed by atoms with Gasteiger partial charge in [0.25, 0.3) is 0 Å².